The Hall–Kier alpha value is -4.63. The summed E-state index contributed by atoms with van der Waals surface area (Å²) < 4.78 is 2.51. The number of para-hydroxylation sites is 1. The molecule has 0 saturated heterocycles. The van der Waals surface area contributed by atoms with Crippen LogP contribution >= 0.6 is 0 Å². The van der Waals surface area contributed by atoms with Crippen LogP contribution in [0.4, 0.5) is 0 Å². The Labute approximate surface area is 221 Å². The van der Waals surface area contributed by atoms with Gasteiger partial charge < -0.3 is 9.88 Å². The van der Waals surface area contributed by atoms with Crippen LogP contribution in [0.5, 0.6) is 0 Å². The normalized spacial score (nSPS) is 15.5. The van der Waals surface area contributed by atoms with Gasteiger partial charge in [0.15, 0.2) is 0 Å². The highest BCUT2D eigenvalue weighted by atomic mass is 16.1. The van der Waals surface area contributed by atoms with Crippen LogP contribution in [0.25, 0.3) is 32.9 Å². The highest BCUT2D eigenvalue weighted by molar-refractivity contribution is 6.20. The number of nitrogens with zero attached hydrogens (tertiary/aromatic N) is 1. The van der Waals surface area contributed by atoms with Gasteiger partial charge in [-0.15, -0.1) is 0 Å². The maximum absolute atomic E-state index is 13.5. The fourth-order valence-electron chi connectivity index (χ4n) is 6.90. The van der Waals surface area contributed by atoms with E-state index >= 15 is 0 Å². The van der Waals surface area contributed by atoms with Crippen molar-refractivity contribution in [3.63, 3.8) is 0 Å². The molecule has 38 heavy (non-hydrogen) atoms. The number of nitrogens with one attached hydrogen (secondary N) is 1. The van der Waals surface area contributed by atoms with E-state index in [0.717, 1.165) is 29.7 Å². The zero-order chi connectivity index (χ0) is 25.2. The van der Waals surface area contributed by atoms with Crippen LogP contribution in [0, 0.1) is 0 Å². The lowest BCUT2D eigenvalue weighted by Crippen LogP contribution is -2.13. The van der Waals surface area contributed by atoms with Crippen LogP contribution in [0.2, 0.25) is 0 Å². The van der Waals surface area contributed by atoms with Crippen molar-refractivity contribution < 1.29 is 4.79 Å². The van der Waals surface area contributed by atoms with E-state index in [0.29, 0.717) is 6.54 Å². The molecule has 8 rings (SSSR count). The maximum Gasteiger partial charge on any atom is 0.252 e. The second-order valence-electron chi connectivity index (χ2n) is 10.5. The summed E-state index contributed by atoms with van der Waals surface area (Å²) in [6.45, 7) is 1.36. The van der Waals surface area contributed by atoms with Crippen LogP contribution in [-0.4, -0.2) is 10.5 Å². The molecule has 0 saturated carbocycles. The van der Waals surface area contributed by atoms with Crippen molar-refractivity contribution in [3.8, 4) is 11.1 Å². The number of amides is 1. The summed E-state index contributed by atoms with van der Waals surface area (Å²) >= 11 is 0. The molecule has 1 aliphatic carbocycles. The molecule has 0 fully saturated rings. The number of aromatic nitrogens is 1. The molecule has 6 aromatic rings. The molecule has 1 aliphatic heterocycles. The van der Waals surface area contributed by atoms with E-state index in [-0.39, 0.29) is 11.8 Å². The molecule has 0 spiro atoms. The predicted molar refractivity (Wildman–Crippen MR) is 154 cm³/mol. The predicted octanol–water partition coefficient (Wildman–Crippen LogP) is 7.44. The second kappa shape index (κ2) is 8.19. The SMILES string of the molecule is O=C1NCc2c1c1c(c3c2c2ccccc2n3Cc2ccccc2)C(Cc2ccccc2)c2ccccc2-1. The Kier molecular flexibility index (Phi) is 4.62. The van der Waals surface area contributed by atoms with E-state index in [1.165, 1.54) is 49.6 Å². The Bertz CT molecular complexity index is 1880. The van der Waals surface area contributed by atoms with E-state index in [1.807, 2.05) is 0 Å². The summed E-state index contributed by atoms with van der Waals surface area (Å²) in [5.74, 6) is 0.219. The van der Waals surface area contributed by atoms with Gasteiger partial charge in [-0.05, 0) is 45.9 Å². The lowest BCUT2D eigenvalue weighted by atomic mass is 9.86. The molecule has 0 bridgehead atoms. The van der Waals surface area contributed by atoms with Crippen molar-refractivity contribution in [2.45, 2.75) is 25.4 Å². The first-order chi connectivity index (χ1) is 18.8. The number of benzene rings is 5. The largest absolute Gasteiger partial charge is 0.348 e. The molecule has 1 unspecified atom stereocenters. The number of fused-ring (bicyclic) bond motifs is 10. The van der Waals surface area contributed by atoms with Crippen LogP contribution in [0.1, 0.15) is 44.1 Å². The van der Waals surface area contributed by atoms with Crippen LogP contribution in [0.3, 0.4) is 0 Å². The number of rotatable bonds is 4. The fraction of sp³-hybridized carbons (Fsp3) is 0.114. The van der Waals surface area contributed by atoms with Crippen molar-refractivity contribution in [2.24, 2.45) is 0 Å². The molecule has 3 heteroatoms. The summed E-state index contributed by atoms with van der Waals surface area (Å²) in [4.78, 5) is 13.5. The van der Waals surface area contributed by atoms with Crippen LogP contribution < -0.4 is 5.32 Å². The van der Waals surface area contributed by atoms with E-state index < -0.39 is 0 Å². The van der Waals surface area contributed by atoms with Crippen LogP contribution in [0.15, 0.2) is 109 Å². The maximum atomic E-state index is 13.5. The minimum absolute atomic E-state index is 0.0493. The minimum Gasteiger partial charge on any atom is -0.348 e. The minimum atomic E-state index is 0.0493. The van der Waals surface area contributed by atoms with Crippen molar-refractivity contribution in [1.82, 2.24) is 9.88 Å². The Morgan fingerprint density at radius 2 is 1.42 bits per heavy atom. The molecule has 1 atom stereocenters. The monoisotopic (exact) mass is 490 g/mol. The number of hydrogen-bond donors (Lipinski definition) is 1. The van der Waals surface area contributed by atoms with Gasteiger partial charge >= 0.3 is 0 Å². The van der Waals surface area contributed by atoms with Gasteiger partial charge in [0.2, 0.25) is 0 Å². The summed E-state index contributed by atoms with van der Waals surface area (Å²) in [6.07, 6.45) is 0.896. The fourth-order valence-corrected chi connectivity index (χ4v) is 6.90. The van der Waals surface area contributed by atoms with Gasteiger partial charge in [0.1, 0.15) is 0 Å². The molecular weight excluding hydrogens is 464 g/mol. The van der Waals surface area contributed by atoms with Crippen molar-refractivity contribution >= 4 is 27.7 Å². The third-order valence-corrected chi connectivity index (χ3v) is 8.42. The molecule has 0 radical (unpaired) electrons. The van der Waals surface area contributed by atoms with Gasteiger partial charge in [0.25, 0.3) is 5.91 Å². The van der Waals surface area contributed by atoms with Gasteiger partial charge in [-0.1, -0.05) is 103 Å². The second-order valence-corrected chi connectivity index (χ2v) is 10.5. The Morgan fingerprint density at radius 3 is 2.24 bits per heavy atom. The molecule has 2 heterocycles. The third kappa shape index (κ3) is 2.99. The first kappa shape index (κ1) is 21.5. The van der Waals surface area contributed by atoms with E-state index in [1.54, 1.807) is 0 Å². The molecule has 1 N–H and O–H groups in total. The summed E-state index contributed by atoms with van der Waals surface area (Å²) in [5, 5.41) is 5.63. The summed E-state index contributed by atoms with van der Waals surface area (Å²) in [6, 6.07) is 38.9. The molecule has 5 aromatic carbocycles. The van der Waals surface area contributed by atoms with E-state index in [9.17, 15) is 4.79 Å². The standard InChI is InChI=1S/C35H26N2O/c38-35-33-28(20-36-35)30-26-17-9-10-18-29(26)37(21-23-13-5-2-6-14-23)34(30)32-27(19-22-11-3-1-4-12-22)24-15-7-8-16-25(24)31(32)33/h1-18,27H,19-21H2,(H,36,38). The van der Waals surface area contributed by atoms with E-state index in [2.05, 4.69) is 119 Å². The lowest BCUT2D eigenvalue weighted by molar-refractivity contribution is 0.0966. The van der Waals surface area contributed by atoms with Gasteiger partial charge in [-0.3, -0.25) is 4.79 Å². The molecule has 2 aliphatic rings. The lowest BCUT2D eigenvalue weighted by Gasteiger charge is -2.19. The quantitative estimate of drug-likeness (QED) is 0.274. The first-order valence-corrected chi connectivity index (χ1v) is 13.3. The molecule has 182 valence electrons. The smallest absolute Gasteiger partial charge is 0.252 e. The average Bonchev–Trinajstić information content (AvgIpc) is 3.60. The molecular formula is C35H26N2O. The van der Waals surface area contributed by atoms with E-state index in [4.69, 9.17) is 0 Å². The Balaban J connectivity index is 1.52. The first-order valence-electron chi connectivity index (χ1n) is 13.3. The molecule has 1 amide bonds. The van der Waals surface area contributed by atoms with Gasteiger partial charge in [-0.2, -0.15) is 0 Å². The number of hydrogen-bond acceptors (Lipinski definition) is 1. The zero-order valence-electron chi connectivity index (χ0n) is 20.9. The highest BCUT2D eigenvalue weighted by Gasteiger charge is 2.39. The average molecular weight is 491 g/mol. The summed E-state index contributed by atoms with van der Waals surface area (Å²) in [7, 11) is 0. The van der Waals surface area contributed by atoms with Crippen molar-refractivity contribution in [3.05, 3.63) is 143 Å². The van der Waals surface area contributed by atoms with Gasteiger partial charge in [0, 0.05) is 40.9 Å². The molecule has 1 aromatic heterocycles. The topological polar surface area (TPSA) is 34.0 Å². The van der Waals surface area contributed by atoms with Gasteiger partial charge in [0.05, 0.1) is 11.1 Å². The van der Waals surface area contributed by atoms with Gasteiger partial charge in [-0.25, -0.2) is 0 Å². The number of carbonyl (C=O) groups is 1. The Morgan fingerprint density at radius 1 is 0.737 bits per heavy atom. The third-order valence-electron chi connectivity index (χ3n) is 8.42. The zero-order valence-corrected chi connectivity index (χ0v) is 20.9. The van der Waals surface area contributed by atoms with Crippen LogP contribution in [-0.2, 0) is 19.5 Å². The summed E-state index contributed by atoms with van der Waals surface area (Å²) in [5.41, 5.74) is 12.0. The van der Waals surface area contributed by atoms with Crippen molar-refractivity contribution in [2.75, 3.05) is 0 Å². The van der Waals surface area contributed by atoms with Crippen molar-refractivity contribution in [1.29, 1.82) is 0 Å². The number of carbonyl (C=O) groups excluding carboxylic acids is 1. The molecule has 3 nitrogen and oxygen atoms in total. The highest BCUT2D eigenvalue weighted by Crippen LogP contribution is 2.54.